The van der Waals surface area contributed by atoms with Crippen LogP contribution in [-0.4, -0.2) is 48.7 Å². The first-order chi connectivity index (χ1) is 16.6. The third-order valence-corrected chi connectivity index (χ3v) is 8.13. The van der Waals surface area contributed by atoms with Gasteiger partial charge in [-0.25, -0.2) is 9.71 Å². The molecule has 2 aliphatic carbocycles. The topological polar surface area (TPSA) is 109 Å². The number of aliphatic hydroxyl groups is 1. The van der Waals surface area contributed by atoms with Gasteiger partial charge in [0.2, 0.25) is 0 Å². The summed E-state index contributed by atoms with van der Waals surface area (Å²) in [5, 5.41) is 9.73. The number of carbonyl (C=O) groups excluding carboxylic acids is 1. The largest absolute Gasteiger partial charge is 0.477 e. The maximum Gasteiger partial charge on any atom is 0.281 e. The van der Waals surface area contributed by atoms with E-state index in [9.17, 15) is 18.3 Å². The number of pyridine rings is 1. The summed E-state index contributed by atoms with van der Waals surface area (Å²) in [4.78, 5) is 19.2. The standard InChI is InChI=1S/C26H31N3O5S/c1-18-11-12-20(19-7-4-3-5-8-19)21(15-18)34-26(13-14-26)24(30)28-35(32,33)23-10-6-9-22(27-23)29-16-25(2,31)17-29/h3-4,6,9-12,15,19,31H,5,7-8,13-14,16-17H2,1-2H3,(H,28,30). The predicted octanol–water partition coefficient (Wildman–Crippen LogP) is 3.20. The van der Waals surface area contributed by atoms with Crippen molar-refractivity contribution >= 4 is 21.7 Å². The summed E-state index contributed by atoms with van der Waals surface area (Å²) >= 11 is 0. The van der Waals surface area contributed by atoms with Crippen LogP contribution in [0.3, 0.4) is 0 Å². The van der Waals surface area contributed by atoms with Crippen molar-refractivity contribution in [2.45, 2.75) is 68.1 Å². The third kappa shape index (κ3) is 4.92. The Morgan fingerprint density at radius 3 is 2.63 bits per heavy atom. The van der Waals surface area contributed by atoms with Crippen molar-refractivity contribution in [3.05, 3.63) is 59.7 Å². The molecule has 35 heavy (non-hydrogen) atoms. The van der Waals surface area contributed by atoms with E-state index in [-0.39, 0.29) is 5.03 Å². The van der Waals surface area contributed by atoms with Crippen LogP contribution in [0.1, 0.15) is 56.1 Å². The number of nitrogens with zero attached hydrogens (tertiary/aromatic N) is 2. The summed E-state index contributed by atoms with van der Waals surface area (Å²) < 4.78 is 34.5. The van der Waals surface area contributed by atoms with Gasteiger partial charge in [0.1, 0.15) is 11.6 Å². The summed E-state index contributed by atoms with van der Waals surface area (Å²) in [7, 11) is -4.19. The number of β-amino-alcohol motifs (C(OH)–C–C–N with tert-alkyl or cyclic N) is 1. The van der Waals surface area contributed by atoms with Crippen LogP contribution in [0, 0.1) is 6.92 Å². The number of aryl methyl sites for hydroxylation is 1. The molecular formula is C26H31N3O5S. The van der Waals surface area contributed by atoms with Crippen LogP contribution in [-0.2, 0) is 14.8 Å². The van der Waals surface area contributed by atoms with Crippen LogP contribution in [0.25, 0.3) is 0 Å². The SMILES string of the molecule is Cc1ccc(C2CC=CCC2)c(OC2(C(=O)NS(=O)(=O)c3cccc(N4CC(C)(O)C4)n3)CC2)c1. The van der Waals surface area contributed by atoms with Crippen LogP contribution < -0.4 is 14.4 Å². The second-order valence-electron chi connectivity index (χ2n) is 10.2. The van der Waals surface area contributed by atoms with Gasteiger partial charge in [-0.15, -0.1) is 0 Å². The number of rotatable bonds is 7. The normalized spacial score (nSPS) is 22.3. The third-order valence-electron chi connectivity index (χ3n) is 6.90. The highest BCUT2D eigenvalue weighted by atomic mass is 32.2. The van der Waals surface area contributed by atoms with Gasteiger partial charge < -0.3 is 14.7 Å². The van der Waals surface area contributed by atoms with Crippen molar-refractivity contribution in [1.29, 1.82) is 0 Å². The van der Waals surface area contributed by atoms with Crippen LogP contribution in [0.2, 0.25) is 0 Å². The van der Waals surface area contributed by atoms with Gasteiger partial charge in [0.05, 0.1) is 5.60 Å². The molecule has 1 atom stereocenters. The Morgan fingerprint density at radius 2 is 1.97 bits per heavy atom. The fourth-order valence-corrected chi connectivity index (χ4v) is 5.78. The molecule has 0 spiro atoms. The van der Waals surface area contributed by atoms with E-state index >= 15 is 0 Å². The molecule has 1 saturated carbocycles. The van der Waals surface area contributed by atoms with Crippen LogP contribution >= 0.6 is 0 Å². The molecule has 0 radical (unpaired) electrons. The van der Waals surface area contributed by atoms with Crippen molar-refractivity contribution < 1.29 is 23.1 Å². The molecule has 1 saturated heterocycles. The lowest BCUT2D eigenvalue weighted by Gasteiger charge is -2.44. The lowest BCUT2D eigenvalue weighted by atomic mass is 9.87. The molecule has 186 valence electrons. The number of nitrogens with one attached hydrogen (secondary N) is 1. The van der Waals surface area contributed by atoms with E-state index < -0.39 is 27.1 Å². The molecule has 8 nitrogen and oxygen atoms in total. The molecule has 9 heteroatoms. The molecule has 2 aromatic rings. The first kappa shape index (κ1) is 23.8. The van der Waals surface area contributed by atoms with E-state index in [1.54, 1.807) is 24.0 Å². The molecule has 1 aromatic carbocycles. The molecule has 3 aliphatic rings. The van der Waals surface area contributed by atoms with Crippen molar-refractivity contribution in [3.63, 3.8) is 0 Å². The summed E-state index contributed by atoms with van der Waals surface area (Å²) in [6.45, 7) is 4.41. The molecule has 1 aliphatic heterocycles. The quantitative estimate of drug-likeness (QED) is 0.566. The number of carbonyl (C=O) groups is 1. The van der Waals surface area contributed by atoms with Gasteiger partial charge in [-0.1, -0.05) is 30.4 Å². The van der Waals surface area contributed by atoms with Gasteiger partial charge in [-0.2, -0.15) is 8.42 Å². The zero-order chi connectivity index (χ0) is 24.8. The summed E-state index contributed by atoms with van der Waals surface area (Å²) in [5.74, 6) is 0.732. The van der Waals surface area contributed by atoms with Crippen molar-refractivity contribution in [2.24, 2.45) is 0 Å². The molecule has 2 fully saturated rings. The fraction of sp³-hybridized carbons (Fsp3) is 0.462. The maximum absolute atomic E-state index is 13.2. The molecule has 5 rings (SSSR count). The van der Waals surface area contributed by atoms with Crippen molar-refractivity contribution in [1.82, 2.24) is 9.71 Å². The zero-order valence-corrected chi connectivity index (χ0v) is 20.8. The van der Waals surface area contributed by atoms with Crippen LogP contribution in [0.5, 0.6) is 5.75 Å². The van der Waals surface area contributed by atoms with Gasteiger partial charge in [0, 0.05) is 25.9 Å². The van der Waals surface area contributed by atoms with E-state index in [0.717, 1.165) is 30.4 Å². The Labute approximate surface area is 206 Å². The minimum absolute atomic E-state index is 0.240. The molecule has 1 unspecified atom stereocenters. The summed E-state index contributed by atoms with van der Waals surface area (Å²) in [5.41, 5.74) is 0.0586. The molecule has 1 aromatic heterocycles. The minimum atomic E-state index is -4.19. The van der Waals surface area contributed by atoms with E-state index in [4.69, 9.17) is 4.74 Å². The number of benzene rings is 1. The Balaban J connectivity index is 1.33. The van der Waals surface area contributed by atoms with E-state index in [1.165, 1.54) is 6.07 Å². The Bertz CT molecular complexity index is 1280. The maximum atomic E-state index is 13.2. The van der Waals surface area contributed by atoms with E-state index in [1.807, 2.05) is 19.1 Å². The zero-order valence-electron chi connectivity index (χ0n) is 20.0. The lowest BCUT2D eigenvalue weighted by molar-refractivity contribution is -0.128. The Kier molecular flexibility index (Phi) is 5.88. The number of aromatic nitrogens is 1. The first-order valence-electron chi connectivity index (χ1n) is 12.0. The van der Waals surface area contributed by atoms with Gasteiger partial charge in [-0.05, 0) is 68.4 Å². The summed E-state index contributed by atoms with van der Waals surface area (Å²) in [6, 6.07) is 10.6. The van der Waals surface area contributed by atoms with Crippen LogP contribution in [0.15, 0.2) is 53.6 Å². The number of amides is 1. The van der Waals surface area contributed by atoms with Gasteiger partial charge in [0.15, 0.2) is 10.6 Å². The fourth-order valence-electron chi connectivity index (χ4n) is 4.78. The van der Waals surface area contributed by atoms with Crippen molar-refractivity contribution in [3.8, 4) is 5.75 Å². The van der Waals surface area contributed by atoms with E-state index in [2.05, 4.69) is 27.9 Å². The average Bonchev–Trinajstić information content (AvgIpc) is 3.59. The van der Waals surface area contributed by atoms with Gasteiger partial charge in [-0.3, -0.25) is 4.79 Å². The second-order valence-corrected chi connectivity index (χ2v) is 11.9. The summed E-state index contributed by atoms with van der Waals surface area (Å²) in [6.07, 6.45) is 8.18. The van der Waals surface area contributed by atoms with E-state index in [0.29, 0.717) is 43.4 Å². The van der Waals surface area contributed by atoms with Crippen molar-refractivity contribution in [2.75, 3.05) is 18.0 Å². The molecule has 1 amide bonds. The number of anilines is 1. The number of sulfonamides is 1. The Hall–Kier alpha value is -2.91. The highest BCUT2D eigenvalue weighted by Gasteiger charge is 2.54. The molecular weight excluding hydrogens is 466 g/mol. The molecule has 0 bridgehead atoms. The number of allylic oxidation sites excluding steroid dienone is 2. The van der Waals surface area contributed by atoms with Gasteiger partial charge >= 0.3 is 0 Å². The van der Waals surface area contributed by atoms with Gasteiger partial charge in [0.25, 0.3) is 15.9 Å². The monoisotopic (exact) mass is 497 g/mol. The number of ether oxygens (including phenoxy) is 1. The number of hydrogen-bond acceptors (Lipinski definition) is 7. The minimum Gasteiger partial charge on any atom is -0.477 e. The number of hydrogen-bond donors (Lipinski definition) is 2. The predicted molar refractivity (Wildman–Crippen MR) is 132 cm³/mol. The smallest absolute Gasteiger partial charge is 0.281 e. The highest BCUT2D eigenvalue weighted by molar-refractivity contribution is 7.90. The Morgan fingerprint density at radius 1 is 1.20 bits per heavy atom. The lowest BCUT2D eigenvalue weighted by Crippen LogP contribution is -2.60. The average molecular weight is 498 g/mol. The molecule has 2 heterocycles. The van der Waals surface area contributed by atoms with Crippen LogP contribution in [0.4, 0.5) is 5.82 Å². The molecule has 2 N–H and O–H groups in total. The second kappa shape index (κ2) is 8.64. The highest BCUT2D eigenvalue weighted by Crippen LogP contribution is 2.44. The first-order valence-corrected chi connectivity index (χ1v) is 13.5.